The Morgan fingerprint density at radius 3 is 3.03 bits per heavy atom. The second kappa shape index (κ2) is 7.85. The van der Waals surface area contributed by atoms with Gasteiger partial charge in [-0.15, -0.1) is 0 Å². The van der Waals surface area contributed by atoms with Crippen LogP contribution in [0.1, 0.15) is 42.6 Å². The average Bonchev–Trinajstić information content (AvgIpc) is 3.32. The lowest BCUT2D eigenvalue weighted by Crippen LogP contribution is -2.30. The van der Waals surface area contributed by atoms with Crippen molar-refractivity contribution in [3.8, 4) is 11.5 Å². The summed E-state index contributed by atoms with van der Waals surface area (Å²) < 4.78 is 13.9. The van der Waals surface area contributed by atoms with Gasteiger partial charge in [0.1, 0.15) is 22.7 Å². The number of carbonyl (C=O) groups is 1. The Morgan fingerprint density at radius 1 is 1.35 bits per heavy atom. The summed E-state index contributed by atoms with van der Waals surface area (Å²) in [6.45, 7) is 6.77. The van der Waals surface area contributed by atoms with Crippen LogP contribution in [0.4, 0.5) is 5.69 Å². The lowest BCUT2D eigenvalue weighted by atomic mass is 9.99. The van der Waals surface area contributed by atoms with Crippen LogP contribution in [0.2, 0.25) is 0 Å². The van der Waals surface area contributed by atoms with E-state index in [0.717, 1.165) is 43.7 Å². The highest BCUT2D eigenvalue weighted by Crippen LogP contribution is 2.41. The van der Waals surface area contributed by atoms with Gasteiger partial charge in [0.25, 0.3) is 5.91 Å². The van der Waals surface area contributed by atoms with Gasteiger partial charge >= 0.3 is 0 Å². The van der Waals surface area contributed by atoms with Crippen LogP contribution in [0.5, 0.6) is 11.5 Å². The van der Waals surface area contributed by atoms with Crippen molar-refractivity contribution in [1.82, 2.24) is 19.9 Å². The molecule has 1 fully saturated rings. The largest absolute Gasteiger partial charge is 0.491 e. The quantitative estimate of drug-likeness (QED) is 0.658. The molecule has 31 heavy (non-hydrogen) atoms. The summed E-state index contributed by atoms with van der Waals surface area (Å²) in [5.41, 5.74) is 2.37. The zero-order chi connectivity index (χ0) is 21.4. The molecule has 5 rings (SSSR count). The van der Waals surface area contributed by atoms with Crippen LogP contribution in [-0.2, 0) is 6.42 Å². The molecule has 2 aliphatic heterocycles. The summed E-state index contributed by atoms with van der Waals surface area (Å²) in [6, 6.07) is 5.66. The number of nitrogens with zero attached hydrogens (tertiary/aromatic N) is 3. The third-order valence-electron chi connectivity index (χ3n) is 5.87. The van der Waals surface area contributed by atoms with E-state index < -0.39 is 0 Å². The molecule has 2 aromatic heterocycles. The van der Waals surface area contributed by atoms with Crippen molar-refractivity contribution in [2.75, 3.05) is 25.0 Å². The maximum absolute atomic E-state index is 13.1. The molecule has 8 heteroatoms. The number of nitrogens with one attached hydrogen (secondary N) is 2. The Labute approximate surface area is 181 Å². The van der Waals surface area contributed by atoms with Gasteiger partial charge in [0.15, 0.2) is 5.65 Å². The van der Waals surface area contributed by atoms with Crippen LogP contribution >= 0.6 is 0 Å². The average molecular weight is 422 g/mol. The summed E-state index contributed by atoms with van der Waals surface area (Å²) in [5.74, 6) is 1.69. The van der Waals surface area contributed by atoms with Gasteiger partial charge in [-0.3, -0.25) is 4.79 Å². The molecule has 8 nitrogen and oxygen atoms in total. The minimum Gasteiger partial charge on any atom is -0.491 e. The fraction of sp³-hybridized carbons (Fsp3) is 0.435. The molecule has 0 spiro atoms. The Bertz CT molecular complexity index is 1120. The van der Waals surface area contributed by atoms with Gasteiger partial charge in [-0.25, -0.2) is 9.50 Å². The van der Waals surface area contributed by atoms with E-state index in [0.29, 0.717) is 35.2 Å². The van der Waals surface area contributed by atoms with E-state index in [9.17, 15) is 4.79 Å². The Morgan fingerprint density at radius 2 is 2.19 bits per heavy atom. The van der Waals surface area contributed by atoms with Crippen LogP contribution in [0.15, 0.2) is 36.8 Å². The minimum absolute atomic E-state index is 0.265. The van der Waals surface area contributed by atoms with E-state index in [-0.39, 0.29) is 11.5 Å². The summed E-state index contributed by atoms with van der Waals surface area (Å²) in [4.78, 5) is 17.4. The number of benzene rings is 1. The smallest absolute Gasteiger partial charge is 0.261 e. The SMILES string of the molecule is CC1(C)Cc2cc(NC(=O)c3cnn4cccnc34)c(OCC3CCNCC3)cc2O1. The van der Waals surface area contributed by atoms with Gasteiger partial charge in [0.2, 0.25) is 0 Å². The lowest BCUT2D eigenvalue weighted by molar-refractivity contribution is 0.102. The number of fused-ring (bicyclic) bond motifs is 2. The minimum atomic E-state index is -0.274. The Kier molecular flexibility index (Phi) is 5.02. The van der Waals surface area contributed by atoms with Crippen LogP contribution in [0.25, 0.3) is 5.65 Å². The molecule has 0 aliphatic carbocycles. The zero-order valence-corrected chi connectivity index (χ0v) is 17.9. The number of ether oxygens (including phenoxy) is 2. The van der Waals surface area contributed by atoms with Crippen molar-refractivity contribution in [2.45, 2.75) is 38.7 Å². The first-order valence-corrected chi connectivity index (χ1v) is 10.8. The van der Waals surface area contributed by atoms with Crippen LogP contribution in [-0.4, -0.2) is 45.8 Å². The monoisotopic (exact) mass is 421 g/mol. The molecular formula is C23H27N5O3. The first kappa shape index (κ1) is 19.8. The Balaban J connectivity index is 1.42. The molecule has 1 aromatic carbocycles. The van der Waals surface area contributed by atoms with Crippen molar-refractivity contribution in [3.63, 3.8) is 0 Å². The van der Waals surface area contributed by atoms with Crippen molar-refractivity contribution in [3.05, 3.63) is 47.9 Å². The number of aromatic nitrogens is 3. The number of rotatable bonds is 5. The van der Waals surface area contributed by atoms with Crippen molar-refractivity contribution in [2.24, 2.45) is 5.92 Å². The molecule has 162 valence electrons. The predicted octanol–water partition coefficient (Wildman–Crippen LogP) is 3.07. The number of carbonyl (C=O) groups excluding carboxylic acids is 1. The molecule has 1 saturated heterocycles. The standard InChI is InChI=1S/C23H27N5O3/c1-23(2)12-16-10-18(27-22(29)17-13-26-28-9-3-6-25-21(17)28)20(11-19(16)31-23)30-14-15-4-7-24-8-5-15/h3,6,9-11,13,15,24H,4-5,7-8,12,14H2,1-2H3,(H,27,29). The van der Waals surface area contributed by atoms with Crippen LogP contribution in [0, 0.1) is 5.92 Å². The molecule has 2 aliphatic rings. The van der Waals surface area contributed by atoms with E-state index in [2.05, 4.69) is 34.6 Å². The van der Waals surface area contributed by atoms with Gasteiger partial charge in [-0.05, 0) is 57.8 Å². The van der Waals surface area contributed by atoms with E-state index in [4.69, 9.17) is 9.47 Å². The van der Waals surface area contributed by atoms with Crippen molar-refractivity contribution < 1.29 is 14.3 Å². The third kappa shape index (κ3) is 4.07. The van der Waals surface area contributed by atoms with Gasteiger partial charge in [-0.1, -0.05) is 0 Å². The topological polar surface area (TPSA) is 89.8 Å². The second-order valence-electron chi connectivity index (χ2n) is 8.90. The highest BCUT2D eigenvalue weighted by atomic mass is 16.5. The number of piperidine rings is 1. The molecule has 0 atom stereocenters. The molecule has 0 unspecified atom stereocenters. The maximum atomic E-state index is 13.1. The number of hydrogen-bond acceptors (Lipinski definition) is 6. The first-order valence-electron chi connectivity index (χ1n) is 10.8. The molecule has 4 heterocycles. The van der Waals surface area contributed by atoms with Gasteiger partial charge in [0, 0.05) is 30.4 Å². The zero-order valence-electron chi connectivity index (χ0n) is 17.9. The van der Waals surface area contributed by atoms with Crippen molar-refractivity contribution in [1.29, 1.82) is 0 Å². The second-order valence-corrected chi connectivity index (χ2v) is 8.90. The van der Waals surface area contributed by atoms with Crippen LogP contribution < -0.4 is 20.1 Å². The number of anilines is 1. The van der Waals surface area contributed by atoms with E-state index in [1.807, 2.05) is 12.1 Å². The fourth-order valence-electron chi connectivity index (χ4n) is 4.28. The van der Waals surface area contributed by atoms with E-state index >= 15 is 0 Å². The number of amides is 1. The molecule has 0 saturated carbocycles. The lowest BCUT2D eigenvalue weighted by Gasteiger charge is -2.23. The van der Waals surface area contributed by atoms with Gasteiger partial charge in [-0.2, -0.15) is 5.10 Å². The molecule has 1 amide bonds. The summed E-state index contributed by atoms with van der Waals surface area (Å²) in [5, 5.41) is 10.6. The first-order chi connectivity index (χ1) is 15.0. The summed E-state index contributed by atoms with van der Waals surface area (Å²) in [6.07, 6.45) is 7.90. The molecule has 3 aromatic rings. The highest BCUT2D eigenvalue weighted by molar-refractivity contribution is 6.08. The molecule has 0 radical (unpaired) electrons. The van der Waals surface area contributed by atoms with E-state index in [1.54, 1.807) is 23.0 Å². The van der Waals surface area contributed by atoms with Gasteiger partial charge in [0.05, 0.1) is 18.5 Å². The fourth-order valence-corrected chi connectivity index (χ4v) is 4.28. The van der Waals surface area contributed by atoms with Crippen LogP contribution in [0.3, 0.4) is 0 Å². The maximum Gasteiger partial charge on any atom is 0.261 e. The highest BCUT2D eigenvalue weighted by Gasteiger charge is 2.32. The number of hydrogen-bond donors (Lipinski definition) is 2. The summed E-state index contributed by atoms with van der Waals surface area (Å²) in [7, 11) is 0. The molecular weight excluding hydrogens is 394 g/mol. The normalized spacial score (nSPS) is 17.9. The van der Waals surface area contributed by atoms with Crippen molar-refractivity contribution >= 4 is 17.2 Å². The molecule has 2 N–H and O–H groups in total. The third-order valence-corrected chi connectivity index (χ3v) is 5.87. The van der Waals surface area contributed by atoms with Gasteiger partial charge < -0.3 is 20.1 Å². The Hall–Kier alpha value is -3.13. The predicted molar refractivity (Wildman–Crippen MR) is 117 cm³/mol. The van der Waals surface area contributed by atoms with E-state index in [1.165, 1.54) is 6.20 Å². The summed E-state index contributed by atoms with van der Waals surface area (Å²) >= 11 is 0. The molecule has 0 bridgehead atoms.